The number of anilines is 1. The SMILES string of the molecule is Cc1c(N)nc(OC(C)C)nc1-c1c[nH]c(C(=O)O)c1. The van der Waals surface area contributed by atoms with Gasteiger partial charge in [-0.2, -0.15) is 9.97 Å². The molecule has 20 heavy (non-hydrogen) atoms. The Labute approximate surface area is 115 Å². The van der Waals surface area contributed by atoms with Crippen molar-refractivity contribution in [1.82, 2.24) is 15.0 Å². The fourth-order valence-electron chi connectivity index (χ4n) is 1.71. The summed E-state index contributed by atoms with van der Waals surface area (Å²) < 4.78 is 5.44. The maximum atomic E-state index is 10.9. The molecule has 0 spiro atoms. The van der Waals surface area contributed by atoms with E-state index in [4.69, 9.17) is 15.6 Å². The molecule has 0 fully saturated rings. The van der Waals surface area contributed by atoms with Crippen molar-refractivity contribution >= 4 is 11.8 Å². The van der Waals surface area contributed by atoms with Crippen LogP contribution in [0, 0.1) is 6.92 Å². The summed E-state index contributed by atoms with van der Waals surface area (Å²) in [5.74, 6) is -0.724. The molecule has 2 heterocycles. The van der Waals surface area contributed by atoms with Crippen LogP contribution in [0.15, 0.2) is 12.3 Å². The van der Waals surface area contributed by atoms with Crippen LogP contribution < -0.4 is 10.5 Å². The molecule has 0 radical (unpaired) electrons. The van der Waals surface area contributed by atoms with Crippen molar-refractivity contribution in [2.75, 3.05) is 5.73 Å². The molecule has 2 aromatic heterocycles. The number of nitrogens with zero attached hydrogens (tertiary/aromatic N) is 2. The highest BCUT2D eigenvalue weighted by Crippen LogP contribution is 2.27. The molecule has 4 N–H and O–H groups in total. The van der Waals surface area contributed by atoms with Crippen LogP contribution in [0.4, 0.5) is 5.82 Å². The first-order chi connectivity index (χ1) is 9.38. The van der Waals surface area contributed by atoms with Crippen molar-refractivity contribution in [1.29, 1.82) is 0 Å². The van der Waals surface area contributed by atoms with E-state index in [1.54, 1.807) is 13.1 Å². The van der Waals surface area contributed by atoms with Crippen LogP contribution in [0.25, 0.3) is 11.3 Å². The molecule has 106 valence electrons. The normalized spacial score (nSPS) is 10.8. The molecule has 7 heteroatoms. The molecule has 2 aromatic rings. The van der Waals surface area contributed by atoms with E-state index in [-0.39, 0.29) is 17.8 Å². The lowest BCUT2D eigenvalue weighted by atomic mass is 10.1. The number of carbonyl (C=O) groups is 1. The summed E-state index contributed by atoms with van der Waals surface area (Å²) in [7, 11) is 0. The lowest BCUT2D eigenvalue weighted by molar-refractivity contribution is 0.0691. The van der Waals surface area contributed by atoms with Crippen molar-refractivity contribution in [3.63, 3.8) is 0 Å². The Bertz CT molecular complexity index is 649. The number of aromatic nitrogens is 3. The minimum atomic E-state index is -1.03. The lowest BCUT2D eigenvalue weighted by Gasteiger charge is -2.11. The first-order valence-corrected chi connectivity index (χ1v) is 6.11. The minimum Gasteiger partial charge on any atom is -0.477 e. The number of nitrogens with two attached hydrogens (primary N) is 1. The summed E-state index contributed by atoms with van der Waals surface area (Å²) in [6.07, 6.45) is 1.49. The molecular formula is C13H16N4O3. The molecule has 2 rings (SSSR count). The highest BCUT2D eigenvalue weighted by atomic mass is 16.5. The number of carboxylic acid groups (broad SMARTS) is 1. The summed E-state index contributed by atoms with van der Waals surface area (Å²) in [5, 5.41) is 8.93. The number of hydrogen-bond acceptors (Lipinski definition) is 5. The standard InChI is InChI=1S/C13H16N4O3/c1-6(2)20-13-16-10(7(3)11(14)17-13)8-4-9(12(18)19)15-5-8/h4-6,15H,1-3H3,(H,18,19)(H2,14,16,17). The van der Waals surface area contributed by atoms with Gasteiger partial charge in [0.2, 0.25) is 0 Å². The molecule has 0 atom stereocenters. The second-order valence-corrected chi connectivity index (χ2v) is 4.64. The Morgan fingerprint density at radius 1 is 1.45 bits per heavy atom. The minimum absolute atomic E-state index is 0.0780. The zero-order chi connectivity index (χ0) is 14.9. The van der Waals surface area contributed by atoms with E-state index < -0.39 is 5.97 Å². The zero-order valence-electron chi connectivity index (χ0n) is 11.5. The summed E-state index contributed by atoms with van der Waals surface area (Å²) in [4.78, 5) is 21.9. The van der Waals surface area contributed by atoms with Gasteiger partial charge in [-0.3, -0.25) is 0 Å². The van der Waals surface area contributed by atoms with E-state index in [0.29, 0.717) is 22.6 Å². The van der Waals surface area contributed by atoms with Crippen molar-refractivity contribution in [3.05, 3.63) is 23.5 Å². The van der Waals surface area contributed by atoms with Crippen LogP contribution in [0.2, 0.25) is 0 Å². The predicted octanol–water partition coefficient (Wildman–Crippen LogP) is 1.85. The quantitative estimate of drug-likeness (QED) is 0.785. The fourth-order valence-corrected chi connectivity index (χ4v) is 1.71. The Balaban J connectivity index is 2.48. The summed E-state index contributed by atoms with van der Waals surface area (Å²) in [6.45, 7) is 5.49. The number of nitrogens with one attached hydrogen (secondary N) is 1. The third kappa shape index (κ3) is 2.71. The number of ether oxygens (including phenoxy) is 1. The van der Waals surface area contributed by atoms with Crippen LogP contribution in [-0.2, 0) is 0 Å². The van der Waals surface area contributed by atoms with Gasteiger partial charge in [-0.05, 0) is 26.8 Å². The molecule has 0 amide bonds. The van der Waals surface area contributed by atoms with Crippen LogP contribution in [0.5, 0.6) is 6.01 Å². The molecular weight excluding hydrogens is 260 g/mol. The van der Waals surface area contributed by atoms with Gasteiger partial charge in [-0.15, -0.1) is 0 Å². The van der Waals surface area contributed by atoms with Crippen LogP contribution in [-0.4, -0.2) is 32.1 Å². The van der Waals surface area contributed by atoms with Gasteiger partial charge in [0.1, 0.15) is 11.5 Å². The van der Waals surface area contributed by atoms with Gasteiger partial charge >= 0.3 is 12.0 Å². The first kappa shape index (κ1) is 13.9. The third-order valence-corrected chi connectivity index (χ3v) is 2.69. The van der Waals surface area contributed by atoms with Gasteiger partial charge in [0.15, 0.2) is 0 Å². The second kappa shape index (κ2) is 5.20. The molecule has 0 aliphatic heterocycles. The number of aromatic amines is 1. The van der Waals surface area contributed by atoms with E-state index in [2.05, 4.69) is 15.0 Å². The third-order valence-electron chi connectivity index (χ3n) is 2.69. The molecule has 0 aromatic carbocycles. The fraction of sp³-hybridized carbons (Fsp3) is 0.308. The molecule has 7 nitrogen and oxygen atoms in total. The molecule has 0 unspecified atom stereocenters. The van der Waals surface area contributed by atoms with Crippen molar-refractivity contribution in [3.8, 4) is 17.3 Å². The number of H-pyrrole nitrogens is 1. The van der Waals surface area contributed by atoms with Crippen LogP contribution in [0.3, 0.4) is 0 Å². The summed E-state index contributed by atoms with van der Waals surface area (Å²) in [6, 6.07) is 1.67. The second-order valence-electron chi connectivity index (χ2n) is 4.64. The van der Waals surface area contributed by atoms with E-state index in [1.165, 1.54) is 6.07 Å². The van der Waals surface area contributed by atoms with Gasteiger partial charge in [-0.1, -0.05) is 0 Å². The largest absolute Gasteiger partial charge is 0.477 e. The van der Waals surface area contributed by atoms with E-state index in [0.717, 1.165) is 0 Å². The van der Waals surface area contributed by atoms with Crippen molar-refractivity contribution in [2.45, 2.75) is 26.9 Å². The summed E-state index contributed by atoms with van der Waals surface area (Å²) >= 11 is 0. The van der Waals surface area contributed by atoms with E-state index >= 15 is 0 Å². The smallest absolute Gasteiger partial charge is 0.352 e. The molecule has 0 aliphatic rings. The Morgan fingerprint density at radius 3 is 2.70 bits per heavy atom. The molecule has 0 saturated carbocycles. The lowest BCUT2D eigenvalue weighted by Crippen LogP contribution is -2.11. The van der Waals surface area contributed by atoms with Gasteiger partial charge < -0.3 is 20.6 Å². The zero-order valence-corrected chi connectivity index (χ0v) is 11.5. The van der Waals surface area contributed by atoms with E-state index in [9.17, 15) is 4.79 Å². The van der Waals surface area contributed by atoms with Gasteiger partial charge in [0.05, 0.1) is 11.8 Å². The number of rotatable bonds is 4. The average Bonchev–Trinajstić information content (AvgIpc) is 2.82. The van der Waals surface area contributed by atoms with Gasteiger partial charge in [0.25, 0.3) is 0 Å². The molecule has 0 aliphatic carbocycles. The highest BCUT2D eigenvalue weighted by Gasteiger charge is 2.15. The van der Waals surface area contributed by atoms with E-state index in [1.807, 2.05) is 13.8 Å². The number of aromatic carboxylic acids is 1. The van der Waals surface area contributed by atoms with Crippen LogP contribution in [0.1, 0.15) is 29.9 Å². The van der Waals surface area contributed by atoms with Gasteiger partial charge in [-0.25, -0.2) is 4.79 Å². The predicted molar refractivity (Wildman–Crippen MR) is 73.7 cm³/mol. The maximum Gasteiger partial charge on any atom is 0.352 e. The number of nitrogen functional groups attached to an aromatic ring is 1. The Hall–Kier alpha value is -2.57. The monoisotopic (exact) mass is 276 g/mol. The number of carboxylic acids is 1. The summed E-state index contributed by atoms with van der Waals surface area (Å²) in [5.41, 5.74) is 7.79. The van der Waals surface area contributed by atoms with Crippen molar-refractivity contribution in [2.24, 2.45) is 0 Å². The first-order valence-electron chi connectivity index (χ1n) is 6.11. The topological polar surface area (TPSA) is 114 Å². The molecule has 0 saturated heterocycles. The highest BCUT2D eigenvalue weighted by molar-refractivity contribution is 5.87. The van der Waals surface area contributed by atoms with Crippen molar-refractivity contribution < 1.29 is 14.6 Å². The maximum absolute atomic E-state index is 10.9. The van der Waals surface area contributed by atoms with Gasteiger partial charge in [0, 0.05) is 17.3 Å². The molecule has 0 bridgehead atoms. The Kier molecular flexibility index (Phi) is 3.60. The average molecular weight is 276 g/mol. The number of hydrogen-bond donors (Lipinski definition) is 3. The Morgan fingerprint density at radius 2 is 2.15 bits per heavy atom. The van der Waals surface area contributed by atoms with Crippen LogP contribution >= 0.6 is 0 Å².